The Kier molecular flexibility index (Phi) is 3.86. The average molecular weight is 203 g/mol. The molecule has 1 aliphatic heterocycles. The Hall–Kier alpha value is -0.650. The molecule has 5 nitrogen and oxygen atoms in total. The van der Waals surface area contributed by atoms with Crippen molar-refractivity contribution < 1.29 is 19.4 Å². The third-order valence-corrected chi connectivity index (χ3v) is 2.75. The van der Waals surface area contributed by atoms with Crippen molar-refractivity contribution in [1.29, 1.82) is 0 Å². The van der Waals surface area contributed by atoms with Gasteiger partial charge in [-0.25, -0.2) is 0 Å². The number of aliphatic carboxylic acids is 1. The Labute approximate surface area is 83.6 Å². The highest BCUT2D eigenvalue weighted by molar-refractivity contribution is 5.72. The maximum absolute atomic E-state index is 10.8. The second kappa shape index (κ2) is 4.72. The number of methoxy groups -OCH3 is 2. The summed E-state index contributed by atoms with van der Waals surface area (Å²) in [6.07, 6.45) is -0.0522. The van der Waals surface area contributed by atoms with Crippen LogP contribution >= 0.6 is 0 Å². The van der Waals surface area contributed by atoms with Gasteiger partial charge in [0.2, 0.25) is 0 Å². The van der Waals surface area contributed by atoms with Gasteiger partial charge in [0.05, 0.1) is 12.2 Å². The summed E-state index contributed by atoms with van der Waals surface area (Å²) < 4.78 is 10.4. The lowest BCUT2D eigenvalue weighted by molar-refractivity contribution is -0.142. The molecule has 0 aromatic carbocycles. The molecule has 1 heterocycles. The first-order valence-corrected chi connectivity index (χ1v) is 4.62. The highest BCUT2D eigenvalue weighted by Gasteiger charge is 2.37. The second-order valence-electron chi connectivity index (χ2n) is 3.52. The van der Waals surface area contributed by atoms with Gasteiger partial charge in [0.15, 0.2) is 0 Å². The number of likely N-dealkylation sites (tertiary alicyclic amines) is 1. The number of carboxylic acid groups (broad SMARTS) is 1. The SMILES string of the molecule is CO[C@@H]1CN([C@H](C)C(=O)O)C[C@H]1OC. The molecule has 0 aromatic rings. The fraction of sp³-hybridized carbons (Fsp3) is 0.889. The van der Waals surface area contributed by atoms with Crippen molar-refractivity contribution in [3.8, 4) is 0 Å². The molecule has 82 valence electrons. The van der Waals surface area contributed by atoms with Crippen molar-refractivity contribution in [3.05, 3.63) is 0 Å². The van der Waals surface area contributed by atoms with Crippen molar-refractivity contribution >= 4 is 5.97 Å². The molecular weight excluding hydrogens is 186 g/mol. The zero-order chi connectivity index (χ0) is 10.7. The molecule has 0 aliphatic carbocycles. The Morgan fingerprint density at radius 2 is 1.79 bits per heavy atom. The van der Waals surface area contributed by atoms with Gasteiger partial charge in [0.25, 0.3) is 0 Å². The summed E-state index contributed by atoms with van der Waals surface area (Å²) in [5, 5.41) is 8.84. The molecule has 5 heteroatoms. The fourth-order valence-corrected chi connectivity index (χ4v) is 1.70. The Morgan fingerprint density at radius 1 is 1.36 bits per heavy atom. The molecule has 0 aromatic heterocycles. The molecule has 1 fully saturated rings. The van der Waals surface area contributed by atoms with Crippen LogP contribution in [0, 0.1) is 0 Å². The molecule has 1 aliphatic rings. The molecule has 0 amide bonds. The van der Waals surface area contributed by atoms with Crippen LogP contribution in [-0.2, 0) is 14.3 Å². The van der Waals surface area contributed by atoms with Crippen molar-refractivity contribution in [2.45, 2.75) is 25.2 Å². The zero-order valence-corrected chi connectivity index (χ0v) is 8.77. The molecule has 0 unspecified atom stereocenters. The van der Waals surface area contributed by atoms with Crippen LogP contribution in [0.1, 0.15) is 6.92 Å². The largest absolute Gasteiger partial charge is 0.480 e. The minimum atomic E-state index is -0.809. The van der Waals surface area contributed by atoms with E-state index in [1.807, 2.05) is 4.90 Å². The maximum atomic E-state index is 10.8. The fourth-order valence-electron chi connectivity index (χ4n) is 1.70. The van der Waals surface area contributed by atoms with Crippen molar-refractivity contribution in [1.82, 2.24) is 4.90 Å². The maximum Gasteiger partial charge on any atom is 0.320 e. The van der Waals surface area contributed by atoms with Gasteiger partial charge in [0, 0.05) is 27.3 Å². The summed E-state index contributed by atoms with van der Waals surface area (Å²) in [6, 6.07) is -0.479. The molecule has 0 bridgehead atoms. The third-order valence-electron chi connectivity index (χ3n) is 2.75. The molecule has 1 rings (SSSR count). The lowest BCUT2D eigenvalue weighted by Gasteiger charge is -2.19. The third kappa shape index (κ3) is 2.23. The molecule has 3 atom stereocenters. The first-order chi connectivity index (χ1) is 6.60. The van der Waals surface area contributed by atoms with E-state index in [-0.39, 0.29) is 12.2 Å². The van der Waals surface area contributed by atoms with Crippen LogP contribution in [0.5, 0.6) is 0 Å². The van der Waals surface area contributed by atoms with E-state index in [2.05, 4.69) is 0 Å². The Bertz CT molecular complexity index is 197. The van der Waals surface area contributed by atoms with Crippen LogP contribution in [0.15, 0.2) is 0 Å². The normalized spacial score (nSPS) is 30.5. The first-order valence-electron chi connectivity index (χ1n) is 4.62. The molecule has 0 radical (unpaired) electrons. The van der Waals surface area contributed by atoms with Crippen LogP contribution in [0.4, 0.5) is 0 Å². The van der Waals surface area contributed by atoms with Gasteiger partial charge in [-0.2, -0.15) is 0 Å². The number of nitrogens with zero attached hydrogens (tertiary/aromatic N) is 1. The highest BCUT2D eigenvalue weighted by atomic mass is 16.5. The molecule has 1 N–H and O–H groups in total. The summed E-state index contributed by atoms with van der Waals surface area (Å²) in [5.41, 5.74) is 0. The molecule has 0 saturated carbocycles. The van der Waals surface area contributed by atoms with Crippen molar-refractivity contribution in [3.63, 3.8) is 0 Å². The van der Waals surface area contributed by atoms with Gasteiger partial charge in [-0.3, -0.25) is 9.69 Å². The van der Waals surface area contributed by atoms with E-state index in [4.69, 9.17) is 14.6 Å². The summed E-state index contributed by atoms with van der Waals surface area (Å²) in [6.45, 7) is 2.90. The van der Waals surface area contributed by atoms with Gasteiger partial charge >= 0.3 is 5.97 Å². The first kappa shape index (κ1) is 11.4. The van der Waals surface area contributed by atoms with E-state index in [0.29, 0.717) is 13.1 Å². The minimum absolute atomic E-state index is 0.0261. The highest BCUT2D eigenvalue weighted by Crippen LogP contribution is 2.17. The average Bonchev–Trinajstić information content (AvgIpc) is 2.59. The summed E-state index contributed by atoms with van der Waals surface area (Å²) in [4.78, 5) is 12.6. The van der Waals surface area contributed by atoms with Crippen LogP contribution in [-0.4, -0.2) is 61.5 Å². The van der Waals surface area contributed by atoms with E-state index in [0.717, 1.165) is 0 Å². The monoisotopic (exact) mass is 203 g/mol. The quantitative estimate of drug-likeness (QED) is 0.686. The van der Waals surface area contributed by atoms with E-state index in [1.165, 1.54) is 0 Å². The summed E-state index contributed by atoms with van der Waals surface area (Å²) in [5.74, 6) is -0.809. The summed E-state index contributed by atoms with van der Waals surface area (Å²) >= 11 is 0. The molecular formula is C9H17NO4. The number of ether oxygens (including phenoxy) is 2. The number of hydrogen-bond acceptors (Lipinski definition) is 4. The van der Waals surface area contributed by atoms with E-state index in [9.17, 15) is 4.79 Å². The topological polar surface area (TPSA) is 59.0 Å². The van der Waals surface area contributed by atoms with Gasteiger partial charge in [-0.15, -0.1) is 0 Å². The van der Waals surface area contributed by atoms with Crippen LogP contribution in [0.2, 0.25) is 0 Å². The number of rotatable bonds is 4. The van der Waals surface area contributed by atoms with E-state index in [1.54, 1.807) is 21.1 Å². The number of carboxylic acids is 1. The van der Waals surface area contributed by atoms with Crippen LogP contribution in [0.25, 0.3) is 0 Å². The second-order valence-corrected chi connectivity index (χ2v) is 3.52. The minimum Gasteiger partial charge on any atom is -0.480 e. The predicted octanol–water partition coefficient (Wildman–Crippen LogP) is -0.195. The number of hydrogen-bond donors (Lipinski definition) is 1. The van der Waals surface area contributed by atoms with Crippen molar-refractivity contribution in [2.75, 3.05) is 27.3 Å². The van der Waals surface area contributed by atoms with E-state index >= 15 is 0 Å². The van der Waals surface area contributed by atoms with Crippen LogP contribution < -0.4 is 0 Å². The number of carbonyl (C=O) groups is 1. The van der Waals surface area contributed by atoms with Gasteiger partial charge in [-0.05, 0) is 6.92 Å². The molecule has 14 heavy (non-hydrogen) atoms. The smallest absolute Gasteiger partial charge is 0.320 e. The lowest BCUT2D eigenvalue weighted by Crippen LogP contribution is -2.38. The van der Waals surface area contributed by atoms with Gasteiger partial charge in [0.1, 0.15) is 6.04 Å². The zero-order valence-electron chi connectivity index (χ0n) is 8.77. The van der Waals surface area contributed by atoms with Crippen LogP contribution in [0.3, 0.4) is 0 Å². The van der Waals surface area contributed by atoms with Gasteiger partial charge < -0.3 is 14.6 Å². The molecule has 0 spiro atoms. The predicted molar refractivity (Wildman–Crippen MR) is 50.3 cm³/mol. The van der Waals surface area contributed by atoms with E-state index < -0.39 is 12.0 Å². The lowest BCUT2D eigenvalue weighted by atomic mass is 10.3. The standard InChI is InChI=1S/C9H17NO4/c1-6(9(11)12)10-4-7(13-2)8(5-10)14-3/h6-8H,4-5H2,1-3H3,(H,11,12)/t6-,7-,8-/m1/s1. The Morgan fingerprint density at radius 3 is 2.07 bits per heavy atom. The Balaban J connectivity index is 2.56. The summed E-state index contributed by atoms with van der Waals surface area (Å²) in [7, 11) is 3.23. The molecule has 1 saturated heterocycles. The van der Waals surface area contributed by atoms with Crippen molar-refractivity contribution in [2.24, 2.45) is 0 Å². The van der Waals surface area contributed by atoms with Gasteiger partial charge in [-0.1, -0.05) is 0 Å².